The molecule has 14 atom stereocenters. The number of ether oxygens (including phenoxy) is 7. The molecule has 1 aliphatic heterocycles. The molecule has 0 spiro atoms. The lowest BCUT2D eigenvalue weighted by molar-refractivity contribution is -0.386. The van der Waals surface area contributed by atoms with Crippen molar-refractivity contribution >= 4 is 0 Å². The molecule has 0 radical (unpaired) electrons. The molecular formula is C41H66O10. The number of hydrogen-bond acceptors (Lipinski definition) is 10. The third-order valence-corrected chi connectivity index (χ3v) is 14.5. The number of hydrogen-bond donors (Lipinski definition) is 3. The molecule has 1 saturated heterocycles. The van der Waals surface area contributed by atoms with Crippen LogP contribution < -0.4 is 0 Å². The summed E-state index contributed by atoms with van der Waals surface area (Å²) in [6, 6.07) is 10.5. The van der Waals surface area contributed by atoms with Crippen LogP contribution >= 0.6 is 0 Å². The summed E-state index contributed by atoms with van der Waals surface area (Å²) in [7, 11) is 1.49. The molecule has 0 unspecified atom stereocenters. The van der Waals surface area contributed by atoms with Crippen LogP contribution in [0.4, 0.5) is 0 Å². The van der Waals surface area contributed by atoms with Gasteiger partial charge in [0.2, 0.25) is 0 Å². The maximum atomic E-state index is 12.2. The molecule has 5 fully saturated rings. The van der Waals surface area contributed by atoms with Crippen LogP contribution in [-0.4, -0.2) is 110 Å². The van der Waals surface area contributed by atoms with Gasteiger partial charge in [0.05, 0.1) is 37.1 Å². The van der Waals surface area contributed by atoms with Gasteiger partial charge in [-0.05, 0) is 101 Å². The summed E-state index contributed by atoms with van der Waals surface area (Å²) in [6.07, 6.45) is 4.02. The minimum Gasteiger partial charge on any atom is -0.392 e. The zero-order valence-electron chi connectivity index (χ0n) is 32.2. The Bertz CT molecular complexity index is 1280. The van der Waals surface area contributed by atoms with E-state index in [1.807, 2.05) is 26.8 Å². The topological polar surface area (TPSA) is 125 Å². The van der Waals surface area contributed by atoms with Gasteiger partial charge in [0.1, 0.15) is 18.5 Å². The fourth-order valence-corrected chi connectivity index (χ4v) is 11.9. The van der Waals surface area contributed by atoms with Crippen LogP contribution in [0.5, 0.6) is 0 Å². The predicted molar refractivity (Wildman–Crippen MR) is 192 cm³/mol. The summed E-state index contributed by atoms with van der Waals surface area (Å²) < 4.78 is 43.2. The van der Waals surface area contributed by atoms with E-state index in [1.54, 1.807) is 6.92 Å². The fraction of sp³-hybridized carbons (Fsp3) is 0.854. The van der Waals surface area contributed by atoms with Crippen molar-refractivity contribution in [3.63, 3.8) is 0 Å². The van der Waals surface area contributed by atoms with E-state index >= 15 is 0 Å². The van der Waals surface area contributed by atoms with Crippen LogP contribution in [0.15, 0.2) is 30.3 Å². The zero-order valence-corrected chi connectivity index (χ0v) is 32.2. The Hall–Kier alpha value is -1.18. The number of fused-ring (bicyclic) bond motifs is 5. The molecule has 0 aromatic heterocycles. The first-order valence-electron chi connectivity index (χ1n) is 19.8. The number of aliphatic hydroxyl groups excluding tert-OH is 1. The molecule has 10 heteroatoms. The molecule has 4 aliphatic carbocycles. The van der Waals surface area contributed by atoms with Gasteiger partial charge in [0.25, 0.3) is 0 Å². The van der Waals surface area contributed by atoms with Crippen molar-refractivity contribution in [2.75, 3.05) is 46.9 Å². The van der Waals surface area contributed by atoms with Crippen LogP contribution in [0.2, 0.25) is 0 Å². The van der Waals surface area contributed by atoms with Crippen molar-refractivity contribution in [2.45, 2.75) is 146 Å². The molecular weight excluding hydrogens is 652 g/mol. The van der Waals surface area contributed by atoms with Crippen LogP contribution in [0, 0.1) is 28.6 Å². The second-order valence-corrected chi connectivity index (χ2v) is 16.8. The maximum absolute atomic E-state index is 12.2. The molecule has 1 heterocycles. The molecule has 0 amide bonds. The Labute approximate surface area is 305 Å². The first-order chi connectivity index (χ1) is 24.4. The summed E-state index contributed by atoms with van der Waals surface area (Å²) in [5, 5.41) is 35.9. The van der Waals surface area contributed by atoms with Gasteiger partial charge in [-0.3, -0.25) is 0 Å². The molecule has 6 rings (SSSR count). The zero-order chi connectivity index (χ0) is 36.7. The van der Waals surface area contributed by atoms with Gasteiger partial charge in [-0.1, -0.05) is 44.2 Å². The highest BCUT2D eigenvalue weighted by Gasteiger charge is 2.71. The van der Waals surface area contributed by atoms with Gasteiger partial charge >= 0.3 is 0 Å². The summed E-state index contributed by atoms with van der Waals surface area (Å²) in [6.45, 7) is 13.8. The summed E-state index contributed by atoms with van der Waals surface area (Å²) in [5.41, 5.74) is -2.78. The average molecular weight is 719 g/mol. The van der Waals surface area contributed by atoms with Crippen molar-refractivity contribution in [3.8, 4) is 0 Å². The molecule has 1 aromatic rings. The van der Waals surface area contributed by atoms with E-state index in [-0.39, 0.29) is 42.9 Å². The van der Waals surface area contributed by atoms with Crippen LogP contribution in [0.25, 0.3) is 0 Å². The Morgan fingerprint density at radius 2 is 1.53 bits per heavy atom. The molecule has 0 bridgehead atoms. The number of rotatable bonds is 14. The lowest BCUT2D eigenvalue weighted by atomic mass is 9.43. The van der Waals surface area contributed by atoms with Crippen molar-refractivity contribution in [3.05, 3.63) is 35.9 Å². The van der Waals surface area contributed by atoms with Gasteiger partial charge in [-0.2, -0.15) is 0 Å². The molecule has 1 aromatic carbocycles. The monoisotopic (exact) mass is 718 g/mol. The van der Waals surface area contributed by atoms with Crippen molar-refractivity contribution < 1.29 is 48.5 Å². The predicted octanol–water partition coefficient (Wildman–Crippen LogP) is 5.60. The summed E-state index contributed by atoms with van der Waals surface area (Å²) in [4.78, 5) is 0. The Morgan fingerprint density at radius 1 is 0.843 bits per heavy atom. The SMILES string of the molecule is CCOCO[C@]12C[C@@H](O)[C@H](c3ccccc3)[C@@]1(C)CC[C@H]1[C@H]2CC[C@@H]2C[C@@H](O[C@@H]3O[C@@H](C)[C@@](O)(COCC)[C@@H](OC)[C@@]3(O)COCC)CC[C@@]21C. The fourth-order valence-electron chi connectivity index (χ4n) is 11.9. The lowest BCUT2D eigenvalue weighted by Crippen LogP contribution is -2.75. The molecule has 51 heavy (non-hydrogen) atoms. The Balaban J connectivity index is 1.23. The average Bonchev–Trinajstić information content (AvgIpc) is 3.35. The minimum absolute atomic E-state index is 0.00591. The highest BCUT2D eigenvalue weighted by Crippen LogP contribution is 2.72. The third kappa shape index (κ3) is 6.55. The highest BCUT2D eigenvalue weighted by atomic mass is 16.7. The van der Waals surface area contributed by atoms with E-state index in [2.05, 4.69) is 38.1 Å². The molecule has 4 saturated carbocycles. The number of benzene rings is 1. The van der Waals surface area contributed by atoms with E-state index < -0.39 is 41.4 Å². The normalized spacial score (nSPS) is 46.7. The first-order valence-corrected chi connectivity index (χ1v) is 19.8. The van der Waals surface area contributed by atoms with E-state index in [0.717, 1.165) is 44.9 Å². The van der Waals surface area contributed by atoms with Crippen LogP contribution in [0.3, 0.4) is 0 Å². The van der Waals surface area contributed by atoms with E-state index in [9.17, 15) is 15.3 Å². The van der Waals surface area contributed by atoms with Gasteiger partial charge in [-0.25, -0.2) is 0 Å². The van der Waals surface area contributed by atoms with Gasteiger partial charge in [-0.15, -0.1) is 0 Å². The number of methoxy groups -OCH3 is 1. The molecule has 290 valence electrons. The van der Waals surface area contributed by atoms with Gasteiger partial charge in [0.15, 0.2) is 11.9 Å². The van der Waals surface area contributed by atoms with E-state index in [0.29, 0.717) is 44.0 Å². The smallest absolute Gasteiger partial charge is 0.192 e. The van der Waals surface area contributed by atoms with E-state index in [4.69, 9.17) is 33.2 Å². The second kappa shape index (κ2) is 15.5. The first kappa shape index (κ1) is 39.5. The third-order valence-electron chi connectivity index (χ3n) is 14.5. The van der Waals surface area contributed by atoms with Crippen LogP contribution in [-0.2, 0) is 33.2 Å². The quantitative estimate of drug-likeness (QED) is 0.127. The highest BCUT2D eigenvalue weighted by molar-refractivity contribution is 5.32. The summed E-state index contributed by atoms with van der Waals surface area (Å²) in [5.74, 6) is 1.19. The van der Waals surface area contributed by atoms with E-state index in [1.165, 1.54) is 12.7 Å². The molecule has 5 aliphatic rings. The van der Waals surface area contributed by atoms with Crippen LogP contribution in [0.1, 0.15) is 104 Å². The molecule has 3 N–H and O–H groups in total. The maximum Gasteiger partial charge on any atom is 0.192 e. The van der Waals surface area contributed by atoms with Gasteiger partial charge < -0.3 is 48.5 Å². The Kier molecular flexibility index (Phi) is 12.0. The Morgan fingerprint density at radius 3 is 2.20 bits per heavy atom. The summed E-state index contributed by atoms with van der Waals surface area (Å²) >= 11 is 0. The van der Waals surface area contributed by atoms with Gasteiger partial charge in [0, 0.05) is 44.7 Å². The second-order valence-electron chi connectivity index (χ2n) is 16.8. The largest absolute Gasteiger partial charge is 0.392 e. The number of aliphatic hydroxyl groups is 3. The standard InChI is InChI=1S/C41H66O10/c1-8-46-24-39(43)27(4)50-36(40(44,25-47-9-2)35(39)45-7)51-30-18-20-37(5)29(22-30)16-17-32-31(37)19-21-38(6)34(28-14-12-11-13-15-28)33(42)23-41(32,38)49-26-48-10-3/h11-15,27,29-36,42-44H,8-10,16-26H2,1-7H3/t27-,29+,30-,31-,32+,33+,34-,35+,36-,37-,38+,39-,40-,41-/m0/s1. The van der Waals surface area contributed by atoms with Crippen molar-refractivity contribution in [2.24, 2.45) is 28.6 Å². The lowest BCUT2D eigenvalue weighted by Gasteiger charge is -2.65. The van der Waals surface area contributed by atoms with Crippen molar-refractivity contribution in [1.82, 2.24) is 0 Å². The molecule has 10 nitrogen and oxygen atoms in total. The van der Waals surface area contributed by atoms with Crippen molar-refractivity contribution in [1.29, 1.82) is 0 Å². The minimum atomic E-state index is -1.75.